The molecule has 2 fully saturated rings. The number of aromatic nitrogens is 3. The zero-order valence-electron chi connectivity index (χ0n) is 27.8. The lowest BCUT2D eigenvalue weighted by Crippen LogP contribution is -2.55. The highest BCUT2D eigenvalue weighted by Gasteiger charge is 2.43. The maximum atomic E-state index is 14.2. The van der Waals surface area contributed by atoms with E-state index in [2.05, 4.69) is 31.3 Å². The monoisotopic (exact) mass is 676 g/mol. The minimum absolute atomic E-state index is 0.00203. The molecule has 3 aromatic rings. The van der Waals surface area contributed by atoms with E-state index in [0.29, 0.717) is 32.2 Å². The first-order valence-corrected chi connectivity index (χ1v) is 16.8. The number of hydrogen-bond acceptors (Lipinski definition) is 7. The van der Waals surface area contributed by atoms with E-state index in [0.717, 1.165) is 22.2 Å². The van der Waals surface area contributed by atoms with Crippen molar-refractivity contribution in [2.75, 3.05) is 13.1 Å². The molecule has 0 bridgehead atoms. The maximum absolute atomic E-state index is 14.2. The average Bonchev–Trinajstić information content (AvgIpc) is 3.78. The fraction of sp³-hybridized carbons (Fsp3) is 0.500. The van der Waals surface area contributed by atoms with Gasteiger partial charge in [-0.2, -0.15) is 5.10 Å². The number of hydrogen-bond donors (Lipinski definition) is 6. The highest BCUT2D eigenvalue weighted by molar-refractivity contribution is 5.98. The van der Waals surface area contributed by atoms with E-state index in [1.165, 1.54) is 4.90 Å². The van der Waals surface area contributed by atoms with Gasteiger partial charge in [0.05, 0.1) is 0 Å². The van der Waals surface area contributed by atoms with E-state index >= 15 is 0 Å². The molecule has 262 valence electrons. The number of para-hydroxylation sites is 1. The normalized spacial score (nSPS) is 22.4. The van der Waals surface area contributed by atoms with Gasteiger partial charge in [-0.25, -0.2) is 4.79 Å². The van der Waals surface area contributed by atoms with Gasteiger partial charge in [-0.1, -0.05) is 18.2 Å². The van der Waals surface area contributed by atoms with E-state index in [4.69, 9.17) is 0 Å². The lowest BCUT2D eigenvalue weighted by atomic mass is 10.1. The van der Waals surface area contributed by atoms with E-state index in [1.807, 2.05) is 30.5 Å². The van der Waals surface area contributed by atoms with Crippen LogP contribution in [0.1, 0.15) is 73.1 Å². The molecule has 0 spiro atoms. The summed E-state index contributed by atoms with van der Waals surface area (Å²) in [6.45, 7) is 2.09. The number of benzene rings is 1. The summed E-state index contributed by atoms with van der Waals surface area (Å²) in [4.78, 5) is 83.0. The first-order chi connectivity index (χ1) is 23.5. The van der Waals surface area contributed by atoms with Crippen LogP contribution in [-0.4, -0.2) is 97.5 Å². The number of carbonyl (C=O) groups is 6. The van der Waals surface area contributed by atoms with Crippen LogP contribution in [0.15, 0.2) is 36.5 Å². The maximum Gasteiger partial charge on any atom is 0.326 e. The number of rotatable bonds is 8. The van der Waals surface area contributed by atoms with Crippen LogP contribution in [-0.2, 0) is 37.4 Å². The number of carbonyl (C=O) groups excluding carboxylic acids is 5. The molecule has 0 unspecified atom stereocenters. The molecule has 15 nitrogen and oxygen atoms in total. The van der Waals surface area contributed by atoms with E-state index in [-0.39, 0.29) is 56.2 Å². The van der Waals surface area contributed by atoms with Crippen LogP contribution in [0.3, 0.4) is 0 Å². The van der Waals surface area contributed by atoms with Gasteiger partial charge >= 0.3 is 5.97 Å². The summed E-state index contributed by atoms with van der Waals surface area (Å²) in [5.41, 5.74) is 3.02. The average molecular weight is 677 g/mol. The molecule has 2 aromatic heterocycles. The Morgan fingerprint density at radius 1 is 1.08 bits per heavy atom. The molecule has 4 atom stereocenters. The molecule has 2 aliphatic rings. The highest BCUT2D eigenvalue weighted by Crippen LogP contribution is 2.23. The van der Waals surface area contributed by atoms with Crippen LogP contribution < -0.4 is 21.3 Å². The predicted molar refractivity (Wildman–Crippen MR) is 178 cm³/mol. The van der Waals surface area contributed by atoms with Gasteiger partial charge in [0.25, 0.3) is 5.91 Å². The number of nitrogens with zero attached hydrogens (tertiary/aromatic N) is 3. The molecule has 2 aliphatic heterocycles. The van der Waals surface area contributed by atoms with Gasteiger partial charge in [-0.05, 0) is 69.6 Å². The van der Waals surface area contributed by atoms with Crippen molar-refractivity contribution in [1.82, 2.24) is 40.9 Å². The third-order valence-corrected chi connectivity index (χ3v) is 9.24. The number of nitrogens with one attached hydrogen (secondary N) is 5. The summed E-state index contributed by atoms with van der Waals surface area (Å²) in [5, 5.41) is 26.1. The minimum atomic E-state index is -1.36. The minimum Gasteiger partial charge on any atom is -0.480 e. The zero-order chi connectivity index (χ0) is 35.1. The number of fused-ring (bicyclic) bond motifs is 2. The van der Waals surface area contributed by atoms with Crippen molar-refractivity contribution >= 4 is 46.4 Å². The fourth-order valence-electron chi connectivity index (χ4n) is 6.46. The van der Waals surface area contributed by atoms with Crippen LogP contribution in [0, 0.1) is 6.92 Å². The Morgan fingerprint density at radius 3 is 2.63 bits per heavy atom. The number of aromatic amines is 1. The molecule has 6 N–H and O–H groups in total. The summed E-state index contributed by atoms with van der Waals surface area (Å²) < 4.78 is 1.55. The van der Waals surface area contributed by atoms with Crippen LogP contribution in [0.2, 0.25) is 0 Å². The second kappa shape index (κ2) is 15.8. The van der Waals surface area contributed by atoms with Crippen molar-refractivity contribution in [3.05, 3.63) is 53.5 Å². The molecule has 0 radical (unpaired) electrons. The van der Waals surface area contributed by atoms with Crippen LogP contribution >= 0.6 is 0 Å². The van der Waals surface area contributed by atoms with Gasteiger partial charge in [-0.15, -0.1) is 0 Å². The number of carboxylic acids is 1. The molecule has 0 saturated carbocycles. The van der Waals surface area contributed by atoms with Crippen molar-refractivity contribution in [2.24, 2.45) is 7.05 Å². The highest BCUT2D eigenvalue weighted by atomic mass is 16.4. The fourth-order valence-corrected chi connectivity index (χ4v) is 6.46. The topological polar surface area (TPSA) is 208 Å². The van der Waals surface area contributed by atoms with E-state index < -0.39 is 47.9 Å². The molecule has 49 heavy (non-hydrogen) atoms. The number of aryl methyl sites for hydroxylation is 3. The number of aliphatic carboxylic acids is 1. The zero-order valence-corrected chi connectivity index (χ0v) is 27.8. The SMILES string of the molecule is Cc1cc(C(=O)N[C@H]2CCCCNC(=O)CC[C@@H](C(=O)O)NC(=O)[C@@H]3C[C@@H](NC(=O)CCCc4c[nH]c5ccccc45)CN3C2=O)nn1C. The van der Waals surface area contributed by atoms with Gasteiger partial charge in [0.1, 0.15) is 23.8 Å². The van der Waals surface area contributed by atoms with E-state index in [1.54, 1.807) is 24.7 Å². The Labute approximate surface area is 283 Å². The van der Waals surface area contributed by atoms with Crippen molar-refractivity contribution < 1.29 is 33.9 Å². The molecule has 4 heterocycles. The van der Waals surface area contributed by atoms with E-state index in [9.17, 15) is 33.9 Å². The van der Waals surface area contributed by atoms with Gasteiger partial charge in [-0.3, -0.25) is 28.7 Å². The predicted octanol–water partition coefficient (Wildman–Crippen LogP) is 1.07. The van der Waals surface area contributed by atoms with Crippen LogP contribution in [0.5, 0.6) is 0 Å². The van der Waals surface area contributed by atoms with Crippen molar-refractivity contribution in [3.8, 4) is 0 Å². The summed E-state index contributed by atoms with van der Waals surface area (Å²) in [5.74, 6) is -3.68. The largest absolute Gasteiger partial charge is 0.480 e. The number of carboxylic acid groups (broad SMARTS) is 1. The second-order valence-electron chi connectivity index (χ2n) is 12.8. The van der Waals surface area contributed by atoms with Crippen LogP contribution in [0.4, 0.5) is 0 Å². The first kappa shape index (κ1) is 35.1. The molecule has 15 heteroatoms. The molecular weight excluding hydrogens is 632 g/mol. The lowest BCUT2D eigenvalue weighted by molar-refractivity contribution is -0.144. The molecule has 0 aliphatic carbocycles. The molecule has 2 saturated heterocycles. The standard InChI is InChI=1S/C34H44N8O7/c1-20-16-27(40-41(20)2)31(45)38-25-11-5-6-15-35-29(43)14-13-26(34(48)49)39-32(46)28-17-22(19-42(28)33(25)47)37-30(44)12-7-8-21-18-36-24-10-4-3-9-23(21)24/h3-4,9-10,16,18,22,25-26,28,36H,5-8,11-15,17,19H2,1-2H3,(H,35,43)(H,37,44)(H,38,45)(H,39,46)(H,48,49)/t22-,25+,26+,28+/m1/s1. The lowest BCUT2D eigenvalue weighted by Gasteiger charge is -2.29. The molecule has 1 aromatic carbocycles. The Balaban J connectivity index is 1.31. The van der Waals surface area contributed by atoms with Crippen molar-refractivity contribution in [3.63, 3.8) is 0 Å². The smallest absolute Gasteiger partial charge is 0.326 e. The van der Waals surface area contributed by atoms with Crippen molar-refractivity contribution in [2.45, 2.75) is 88.9 Å². The Kier molecular flexibility index (Phi) is 11.3. The number of amides is 5. The Hall–Kier alpha value is -5.21. The molecular formula is C34H44N8O7. The third kappa shape index (κ3) is 8.83. The van der Waals surface area contributed by atoms with Crippen molar-refractivity contribution in [1.29, 1.82) is 0 Å². The van der Waals surface area contributed by atoms with Gasteiger partial charge in [0, 0.05) is 61.8 Å². The molecule has 5 rings (SSSR count). The van der Waals surface area contributed by atoms with Gasteiger partial charge in [0.2, 0.25) is 23.6 Å². The van der Waals surface area contributed by atoms with Gasteiger partial charge in [0.15, 0.2) is 0 Å². The second-order valence-corrected chi connectivity index (χ2v) is 12.8. The summed E-state index contributed by atoms with van der Waals surface area (Å²) in [6.07, 6.45) is 4.45. The number of H-pyrrole nitrogens is 1. The third-order valence-electron chi connectivity index (χ3n) is 9.24. The summed E-state index contributed by atoms with van der Waals surface area (Å²) in [7, 11) is 1.70. The summed E-state index contributed by atoms with van der Waals surface area (Å²) in [6, 6.07) is 5.45. The first-order valence-electron chi connectivity index (χ1n) is 16.8. The van der Waals surface area contributed by atoms with Gasteiger partial charge < -0.3 is 36.3 Å². The molecule has 5 amide bonds. The Bertz CT molecular complexity index is 1700. The Morgan fingerprint density at radius 2 is 1.88 bits per heavy atom. The summed E-state index contributed by atoms with van der Waals surface area (Å²) >= 11 is 0. The quantitative estimate of drug-likeness (QED) is 0.203. The van der Waals surface area contributed by atoms with Crippen LogP contribution in [0.25, 0.3) is 10.9 Å².